The van der Waals surface area contributed by atoms with Crippen molar-refractivity contribution < 1.29 is 9.66 Å². The highest BCUT2D eigenvalue weighted by Crippen LogP contribution is 2.37. The van der Waals surface area contributed by atoms with Crippen molar-refractivity contribution in [1.29, 1.82) is 0 Å². The van der Waals surface area contributed by atoms with Crippen molar-refractivity contribution >= 4 is 43.9 Å². The van der Waals surface area contributed by atoms with E-state index in [-0.39, 0.29) is 17.4 Å². The minimum Gasteiger partial charge on any atom is -0.434 e. The van der Waals surface area contributed by atoms with Crippen LogP contribution in [0.3, 0.4) is 0 Å². The summed E-state index contributed by atoms with van der Waals surface area (Å²) in [6, 6.07) is 20.5. The van der Waals surface area contributed by atoms with Crippen molar-refractivity contribution in [1.82, 2.24) is 9.97 Å². The molecule has 0 atom stereocenters. The number of rotatable bonds is 5. The zero-order chi connectivity index (χ0) is 19.5. The topological polar surface area (TPSA) is 90.2 Å². The molecule has 1 heterocycles. The maximum Gasteiger partial charge on any atom is 0.373 e. The van der Waals surface area contributed by atoms with E-state index in [4.69, 9.17) is 4.74 Å². The third-order valence-electron chi connectivity index (χ3n) is 4.03. The molecular weight excluding hydrogens is 424 g/mol. The van der Waals surface area contributed by atoms with Gasteiger partial charge < -0.3 is 10.1 Å². The van der Waals surface area contributed by atoms with Gasteiger partial charge in [0, 0.05) is 4.47 Å². The van der Waals surface area contributed by atoms with Crippen LogP contribution in [0.25, 0.3) is 10.8 Å². The predicted octanol–water partition coefficient (Wildman–Crippen LogP) is 5.84. The molecule has 4 rings (SSSR count). The Hall–Kier alpha value is -3.52. The number of nitrogens with zero attached hydrogens (tertiary/aromatic N) is 3. The Balaban J connectivity index is 1.72. The molecule has 4 aromatic rings. The first-order chi connectivity index (χ1) is 13.6. The molecule has 0 saturated heterocycles. The first-order valence-corrected chi connectivity index (χ1v) is 9.09. The molecular formula is C20H13BrN4O3. The van der Waals surface area contributed by atoms with Crippen molar-refractivity contribution in [3.05, 3.63) is 87.6 Å². The average Bonchev–Trinajstić information content (AvgIpc) is 2.69. The molecule has 0 bridgehead atoms. The summed E-state index contributed by atoms with van der Waals surface area (Å²) in [5.74, 6) is 0.361. The van der Waals surface area contributed by atoms with Crippen LogP contribution in [0.2, 0.25) is 0 Å². The summed E-state index contributed by atoms with van der Waals surface area (Å²) in [5, 5.41) is 16.7. The molecule has 138 valence electrons. The highest BCUT2D eigenvalue weighted by Gasteiger charge is 2.25. The minimum absolute atomic E-state index is 0.0442. The number of hydrogen-bond donors (Lipinski definition) is 1. The van der Waals surface area contributed by atoms with Crippen LogP contribution in [0.1, 0.15) is 0 Å². The van der Waals surface area contributed by atoms with Crippen molar-refractivity contribution in [3.63, 3.8) is 0 Å². The normalized spacial score (nSPS) is 10.6. The molecule has 1 N–H and O–H groups in total. The van der Waals surface area contributed by atoms with E-state index in [9.17, 15) is 10.1 Å². The lowest BCUT2D eigenvalue weighted by atomic mass is 10.1. The van der Waals surface area contributed by atoms with Crippen LogP contribution in [0.15, 0.2) is 77.5 Å². The second kappa shape index (κ2) is 7.61. The Morgan fingerprint density at radius 3 is 2.50 bits per heavy atom. The molecule has 0 amide bonds. The smallest absolute Gasteiger partial charge is 0.373 e. The molecule has 7 nitrogen and oxygen atoms in total. The largest absolute Gasteiger partial charge is 0.434 e. The number of nitrogens with one attached hydrogen (secondary N) is 1. The lowest BCUT2D eigenvalue weighted by Crippen LogP contribution is -2.03. The lowest BCUT2D eigenvalue weighted by Gasteiger charge is -2.10. The van der Waals surface area contributed by atoms with Gasteiger partial charge in [0.25, 0.3) is 0 Å². The van der Waals surface area contributed by atoms with E-state index in [2.05, 4.69) is 31.2 Å². The third-order valence-corrected chi connectivity index (χ3v) is 4.73. The van der Waals surface area contributed by atoms with Gasteiger partial charge in [-0.05, 0) is 51.0 Å². The zero-order valence-electron chi connectivity index (χ0n) is 14.4. The van der Waals surface area contributed by atoms with Gasteiger partial charge in [-0.3, -0.25) is 10.1 Å². The fraction of sp³-hybridized carbons (Fsp3) is 0. The van der Waals surface area contributed by atoms with Crippen molar-refractivity contribution in [2.45, 2.75) is 0 Å². The third kappa shape index (κ3) is 3.63. The summed E-state index contributed by atoms with van der Waals surface area (Å²) in [4.78, 5) is 19.2. The molecule has 3 aromatic carbocycles. The number of ether oxygens (including phenoxy) is 1. The van der Waals surface area contributed by atoms with Crippen LogP contribution in [0, 0.1) is 10.1 Å². The molecule has 28 heavy (non-hydrogen) atoms. The molecule has 0 unspecified atom stereocenters. The lowest BCUT2D eigenvalue weighted by molar-refractivity contribution is -0.385. The summed E-state index contributed by atoms with van der Waals surface area (Å²) in [6.45, 7) is 0. The Bertz CT molecular complexity index is 1180. The first kappa shape index (κ1) is 17.9. The van der Waals surface area contributed by atoms with Crippen LogP contribution in [0.5, 0.6) is 11.6 Å². The summed E-state index contributed by atoms with van der Waals surface area (Å²) in [7, 11) is 0. The van der Waals surface area contributed by atoms with Crippen LogP contribution in [0.4, 0.5) is 17.2 Å². The molecule has 0 fully saturated rings. The number of para-hydroxylation sites is 1. The first-order valence-electron chi connectivity index (χ1n) is 8.29. The fourth-order valence-corrected chi connectivity index (χ4v) is 3.11. The number of fused-ring (bicyclic) bond motifs is 1. The molecule has 0 aliphatic carbocycles. The molecule has 0 saturated carbocycles. The van der Waals surface area contributed by atoms with Crippen molar-refractivity contribution in [2.75, 3.05) is 5.32 Å². The van der Waals surface area contributed by atoms with E-state index in [0.717, 1.165) is 15.2 Å². The standard InChI is InChI=1S/C20H13BrN4O3/c21-16-7-3-4-8-17(16)24-19-18(25(26)27)20(23-12-22-19)28-15-10-9-13-5-1-2-6-14(13)11-15/h1-12H,(H,22,23,24). The maximum absolute atomic E-state index is 11.7. The van der Waals surface area contributed by atoms with Crippen LogP contribution in [-0.4, -0.2) is 14.9 Å². The number of benzene rings is 3. The van der Waals surface area contributed by atoms with Gasteiger partial charge >= 0.3 is 11.6 Å². The van der Waals surface area contributed by atoms with Gasteiger partial charge in [-0.2, -0.15) is 4.98 Å². The second-order valence-electron chi connectivity index (χ2n) is 5.85. The minimum atomic E-state index is -0.560. The quantitative estimate of drug-likeness (QED) is 0.312. The van der Waals surface area contributed by atoms with Gasteiger partial charge in [-0.25, -0.2) is 4.98 Å². The molecule has 0 aliphatic heterocycles. The van der Waals surface area contributed by atoms with E-state index in [1.807, 2.05) is 54.6 Å². The van der Waals surface area contributed by atoms with Crippen LogP contribution < -0.4 is 10.1 Å². The summed E-state index contributed by atoms with van der Waals surface area (Å²) < 4.78 is 6.49. The monoisotopic (exact) mass is 436 g/mol. The van der Waals surface area contributed by atoms with E-state index in [0.29, 0.717) is 11.4 Å². The summed E-state index contributed by atoms with van der Waals surface area (Å²) in [5.41, 5.74) is 0.298. The predicted molar refractivity (Wildman–Crippen MR) is 110 cm³/mol. The van der Waals surface area contributed by atoms with Crippen molar-refractivity contribution in [3.8, 4) is 11.6 Å². The second-order valence-corrected chi connectivity index (χ2v) is 6.70. The van der Waals surface area contributed by atoms with Gasteiger partial charge in [0.15, 0.2) is 0 Å². The molecule has 0 spiro atoms. The van der Waals surface area contributed by atoms with E-state index in [1.165, 1.54) is 6.33 Å². The van der Waals surface area contributed by atoms with Crippen molar-refractivity contribution in [2.24, 2.45) is 0 Å². The van der Waals surface area contributed by atoms with E-state index < -0.39 is 4.92 Å². The van der Waals surface area contributed by atoms with Gasteiger partial charge in [-0.1, -0.05) is 42.5 Å². The SMILES string of the molecule is O=[N+]([O-])c1c(Nc2ccccc2Br)ncnc1Oc1ccc2ccccc2c1. The van der Waals surface area contributed by atoms with Gasteiger partial charge in [0.05, 0.1) is 10.6 Å². The molecule has 1 aromatic heterocycles. The van der Waals surface area contributed by atoms with E-state index >= 15 is 0 Å². The number of hydrogen-bond acceptors (Lipinski definition) is 6. The number of anilines is 2. The maximum atomic E-state index is 11.7. The Labute approximate surface area is 168 Å². The molecule has 0 radical (unpaired) electrons. The van der Waals surface area contributed by atoms with Crippen LogP contribution in [-0.2, 0) is 0 Å². The average molecular weight is 437 g/mol. The van der Waals surface area contributed by atoms with Crippen LogP contribution >= 0.6 is 15.9 Å². The number of aromatic nitrogens is 2. The summed E-state index contributed by atoms with van der Waals surface area (Å²) >= 11 is 3.40. The Morgan fingerprint density at radius 2 is 1.71 bits per heavy atom. The molecule has 8 heteroatoms. The number of nitro groups is 1. The Morgan fingerprint density at radius 1 is 0.964 bits per heavy atom. The van der Waals surface area contributed by atoms with Gasteiger partial charge in [0.1, 0.15) is 12.1 Å². The highest BCUT2D eigenvalue weighted by atomic mass is 79.9. The van der Waals surface area contributed by atoms with Gasteiger partial charge in [-0.15, -0.1) is 0 Å². The molecule has 0 aliphatic rings. The van der Waals surface area contributed by atoms with E-state index in [1.54, 1.807) is 12.1 Å². The fourth-order valence-electron chi connectivity index (χ4n) is 2.73. The zero-order valence-corrected chi connectivity index (χ0v) is 16.0. The van der Waals surface area contributed by atoms with Gasteiger partial charge in [0.2, 0.25) is 5.82 Å². The highest BCUT2D eigenvalue weighted by molar-refractivity contribution is 9.10. The number of halogens is 1. The Kier molecular flexibility index (Phi) is 4.86. The summed E-state index contributed by atoms with van der Waals surface area (Å²) in [6.07, 6.45) is 1.22.